The Hall–Kier alpha value is -1.10. The van der Waals surface area contributed by atoms with Crippen molar-refractivity contribution in [1.82, 2.24) is 0 Å². The van der Waals surface area contributed by atoms with Crippen LogP contribution in [0.3, 0.4) is 0 Å². The predicted octanol–water partition coefficient (Wildman–Crippen LogP) is 4.58. The molecule has 0 spiro atoms. The highest BCUT2D eigenvalue weighted by Gasteiger charge is 2.13. The van der Waals surface area contributed by atoms with Crippen LogP contribution in [0, 0.1) is 12.7 Å². The summed E-state index contributed by atoms with van der Waals surface area (Å²) >= 11 is 11.8. The average molecular weight is 318 g/mol. The van der Waals surface area contributed by atoms with E-state index in [-0.39, 0.29) is 10.7 Å². The Labute approximate surface area is 123 Å². The van der Waals surface area contributed by atoms with E-state index < -0.39 is 16.8 Å². The van der Waals surface area contributed by atoms with Gasteiger partial charge in [-0.25, -0.2) is 8.60 Å². The van der Waals surface area contributed by atoms with Crippen molar-refractivity contribution in [3.63, 3.8) is 0 Å². The second kappa shape index (κ2) is 5.90. The van der Waals surface area contributed by atoms with Gasteiger partial charge in [-0.3, -0.25) is 4.72 Å². The normalized spacial score (nSPS) is 12.2. The van der Waals surface area contributed by atoms with Crippen LogP contribution in [0.25, 0.3) is 0 Å². The van der Waals surface area contributed by atoms with Crippen molar-refractivity contribution in [1.29, 1.82) is 0 Å². The number of nitrogens with one attached hydrogen (secondary N) is 1. The molecular formula is C13H10Cl2FNOS. The van der Waals surface area contributed by atoms with Crippen LogP contribution < -0.4 is 4.72 Å². The molecule has 2 nitrogen and oxygen atoms in total. The van der Waals surface area contributed by atoms with Gasteiger partial charge in [-0.15, -0.1) is 0 Å². The molecule has 0 heterocycles. The summed E-state index contributed by atoms with van der Waals surface area (Å²) in [5.41, 5.74) is 0.939. The van der Waals surface area contributed by atoms with Gasteiger partial charge >= 0.3 is 0 Å². The molecule has 2 rings (SSSR count). The van der Waals surface area contributed by atoms with Gasteiger partial charge in [0.25, 0.3) is 0 Å². The van der Waals surface area contributed by atoms with Crippen molar-refractivity contribution >= 4 is 39.9 Å². The van der Waals surface area contributed by atoms with Crippen LogP contribution in [0.4, 0.5) is 10.1 Å². The maximum absolute atomic E-state index is 13.7. The second-order valence-corrected chi connectivity index (χ2v) is 5.87. The molecule has 0 aliphatic rings. The average Bonchev–Trinajstić information content (AvgIpc) is 2.36. The SMILES string of the molecule is Cc1ccc(NS(=O)c2cccc(Cl)c2Cl)c(F)c1. The third kappa shape index (κ3) is 3.26. The molecule has 0 aliphatic heterocycles. The van der Waals surface area contributed by atoms with Gasteiger partial charge in [0.15, 0.2) is 11.0 Å². The molecular weight excluding hydrogens is 308 g/mol. The second-order valence-electron chi connectivity index (χ2n) is 3.91. The number of hydrogen-bond donors (Lipinski definition) is 1. The summed E-state index contributed by atoms with van der Waals surface area (Å²) < 4.78 is 28.3. The number of anilines is 1. The summed E-state index contributed by atoms with van der Waals surface area (Å²) in [7, 11) is -1.68. The fourth-order valence-corrected chi connectivity index (χ4v) is 3.00. The summed E-state index contributed by atoms with van der Waals surface area (Å²) in [5.74, 6) is -0.466. The largest absolute Gasteiger partial charge is 0.298 e. The van der Waals surface area contributed by atoms with E-state index >= 15 is 0 Å². The third-order valence-corrected chi connectivity index (χ3v) is 4.52. The number of benzene rings is 2. The fraction of sp³-hybridized carbons (Fsp3) is 0.0769. The van der Waals surface area contributed by atoms with E-state index in [2.05, 4.69) is 4.72 Å². The zero-order valence-corrected chi connectivity index (χ0v) is 12.2. The van der Waals surface area contributed by atoms with Crippen molar-refractivity contribution < 1.29 is 8.60 Å². The van der Waals surface area contributed by atoms with E-state index in [4.69, 9.17) is 23.2 Å². The van der Waals surface area contributed by atoms with Gasteiger partial charge in [0.05, 0.1) is 20.6 Å². The van der Waals surface area contributed by atoms with Crippen LogP contribution in [-0.4, -0.2) is 4.21 Å². The molecule has 0 radical (unpaired) electrons. The maximum Gasteiger partial charge on any atom is 0.151 e. The summed E-state index contributed by atoms with van der Waals surface area (Å²) in [4.78, 5) is 0.314. The summed E-state index contributed by atoms with van der Waals surface area (Å²) in [6.07, 6.45) is 0. The van der Waals surface area contributed by atoms with Crippen molar-refractivity contribution in [3.05, 3.63) is 57.8 Å². The molecule has 1 unspecified atom stereocenters. The molecule has 0 bridgehead atoms. The molecule has 100 valence electrons. The minimum absolute atomic E-state index is 0.153. The lowest BCUT2D eigenvalue weighted by atomic mass is 10.2. The number of rotatable bonds is 3. The molecule has 6 heteroatoms. The smallest absolute Gasteiger partial charge is 0.151 e. The minimum atomic E-state index is -1.68. The molecule has 0 amide bonds. The Balaban J connectivity index is 2.28. The first-order valence-electron chi connectivity index (χ1n) is 5.37. The lowest BCUT2D eigenvalue weighted by Gasteiger charge is -2.09. The quantitative estimate of drug-likeness (QED) is 0.882. The topological polar surface area (TPSA) is 29.1 Å². The van der Waals surface area contributed by atoms with E-state index in [9.17, 15) is 8.60 Å². The van der Waals surface area contributed by atoms with Gasteiger partial charge in [0.2, 0.25) is 0 Å². The number of halogens is 3. The van der Waals surface area contributed by atoms with Crippen molar-refractivity contribution in [3.8, 4) is 0 Å². The third-order valence-electron chi connectivity index (χ3n) is 2.44. The Morgan fingerprint density at radius 2 is 1.95 bits per heavy atom. The molecule has 0 saturated heterocycles. The highest BCUT2D eigenvalue weighted by atomic mass is 35.5. The van der Waals surface area contributed by atoms with Gasteiger partial charge < -0.3 is 0 Å². The van der Waals surface area contributed by atoms with Gasteiger partial charge in [0.1, 0.15) is 5.82 Å². The van der Waals surface area contributed by atoms with E-state index in [1.54, 1.807) is 31.2 Å². The minimum Gasteiger partial charge on any atom is -0.298 e. The van der Waals surface area contributed by atoms with Crippen LogP contribution >= 0.6 is 23.2 Å². The maximum atomic E-state index is 13.7. The van der Waals surface area contributed by atoms with Crippen molar-refractivity contribution in [2.75, 3.05) is 4.72 Å². The Morgan fingerprint density at radius 3 is 2.63 bits per heavy atom. The molecule has 0 aliphatic carbocycles. The summed E-state index contributed by atoms with van der Waals surface area (Å²) in [5, 5.41) is 0.501. The van der Waals surface area contributed by atoms with E-state index in [1.165, 1.54) is 12.1 Å². The van der Waals surface area contributed by atoms with Crippen LogP contribution in [0.1, 0.15) is 5.56 Å². The van der Waals surface area contributed by atoms with Gasteiger partial charge in [-0.05, 0) is 36.8 Å². The van der Waals surface area contributed by atoms with E-state index in [1.807, 2.05) is 0 Å². The van der Waals surface area contributed by atoms with E-state index in [0.717, 1.165) is 5.56 Å². The van der Waals surface area contributed by atoms with Crippen LogP contribution in [0.2, 0.25) is 10.0 Å². The summed E-state index contributed by atoms with van der Waals surface area (Å²) in [6.45, 7) is 1.78. The zero-order valence-electron chi connectivity index (χ0n) is 9.91. The monoisotopic (exact) mass is 317 g/mol. The molecule has 19 heavy (non-hydrogen) atoms. The Morgan fingerprint density at radius 1 is 1.21 bits per heavy atom. The Kier molecular flexibility index (Phi) is 4.45. The molecule has 1 atom stereocenters. The standard InChI is InChI=1S/C13H10Cl2FNOS/c1-8-5-6-11(10(16)7-8)17-19(18)12-4-2-3-9(14)13(12)15/h2-7,17H,1H3. The highest BCUT2D eigenvalue weighted by molar-refractivity contribution is 7.86. The lowest BCUT2D eigenvalue weighted by Crippen LogP contribution is -2.07. The van der Waals surface area contributed by atoms with Crippen molar-refractivity contribution in [2.45, 2.75) is 11.8 Å². The molecule has 0 saturated carbocycles. The lowest BCUT2D eigenvalue weighted by molar-refractivity contribution is 0.630. The first-order chi connectivity index (χ1) is 8.99. The summed E-state index contributed by atoms with van der Waals surface area (Å²) in [6, 6.07) is 9.41. The molecule has 2 aromatic rings. The van der Waals surface area contributed by atoms with Crippen LogP contribution in [0.5, 0.6) is 0 Å². The van der Waals surface area contributed by atoms with Gasteiger partial charge in [-0.2, -0.15) is 0 Å². The van der Waals surface area contributed by atoms with Gasteiger partial charge in [-0.1, -0.05) is 35.3 Å². The fourth-order valence-electron chi connectivity index (χ4n) is 1.48. The zero-order chi connectivity index (χ0) is 14.0. The number of aryl methyl sites for hydroxylation is 1. The molecule has 0 fully saturated rings. The highest BCUT2D eigenvalue weighted by Crippen LogP contribution is 2.28. The van der Waals surface area contributed by atoms with Crippen LogP contribution in [0.15, 0.2) is 41.3 Å². The Bertz CT molecular complexity index is 649. The van der Waals surface area contributed by atoms with Gasteiger partial charge in [0, 0.05) is 0 Å². The first kappa shape index (κ1) is 14.3. The van der Waals surface area contributed by atoms with E-state index in [0.29, 0.717) is 9.92 Å². The predicted molar refractivity (Wildman–Crippen MR) is 77.6 cm³/mol. The first-order valence-corrected chi connectivity index (χ1v) is 7.28. The van der Waals surface area contributed by atoms with Crippen molar-refractivity contribution in [2.24, 2.45) is 0 Å². The molecule has 1 N–H and O–H groups in total. The number of hydrogen-bond acceptors (Lipinski definition) is 1. The molecule has 2 aromatic carbocycles. The molecule has 0 aromatic heterocycles. The van der Waals surface area contributed by atoms with Crippen LogP contribution in [-0.2, 0) is 11.0 Å².